The van der Waals surface area contributed by atoms with Crippen molar-refractivity contribution in [3.63, 3.8) is 0 Å². The lowest BCUT2D eigenvalue weighted by molar-refractivity contribution is 0.616. The SMILES string of the molecule is Cc1c(C=Nn2c(-c3cc4ccccc4o3)nc3ccccc3c2=O)c2ccccc2n1Cc1ccccc1. The molecule has 6 heteroatoms. The molecule has 0 aliphatic heterocycles. The molecule has 6 nitrogen and oxygen atoms in total. The Balaban J connectivity index is 1.41. The van der Waals surface area contributed by atoms with Crippen molar-refractivity contribution in [1.29, 1.82) is 0 Å². The molecule has 0 aliphatic carbocycles. The van der Waals surface area contributed by atoms with Gasteiger partial charge in [0.25, 0.3) is 5.56 Å². The van der Waals surface area contributed by atoms with E-state index < -0.39 is 0 Å². The predicted octanol–water partition coefficient (Wildman–Crippen LogP) is 7.00. The van der Waals surface area contributed by atoms with E-state index in [4.69, 9.17) is 14.5 Å². The molecule has 7 rings (SSSR count). The van der Waals surface area contributed by atoms with E-state index in [2.05, 4.69) is 47.9 Å². The van der Waals surface area contributed by atoms with Crippen LogP contribution < -0.4 is 5.56 Å². The molecule has 39 heavy (non-hydrogen) atoms. The van der Waals surface area contributed by atoms with E-state index in [-0.39, 0.29) is 5.56 Å². The van der Waals surface area contributed by atoms with Gasteiger partial charge < -0.3 is 8.98 Å². The van der Waals surface area contributed by atoms with Crippen LogP contribution in [0.4, 0.5) is 0 Å². The number of aromatic nitrogens is 3. The number of nitrogens with zero attached hydrogens (tertiary/aromatic N) is 4. The monoisotopic (exact) mass is 508 g/mol. The van der Waals surface area contributed by atoms with Gasteiger partial charge in [0.05, 0.1) is 17.1 Å². The van der Waals surface area contributed by atoms with E-state index >= 15 is 0 Å². The molecule has 0 radical (unpaired) electrons. The summed E-state index contributed by atoms with van der Waals surface area (Å²) in [6.07, 6.45) is 1.77. The Hall–Kier alpha value is -5.23. The van der Waals surface area contributed by atoms with Crippen molar-refractivity contribution < 1.29 is 4.42 Å². The van der Waals surface area contributed by atoms with Gasteiger partial charge in [-0.2, -0.15) is 9.78 Å². The highest BCUT2D eigenvalue weighted by Gasteiger charge is 2.17. The number of hydrogen-bond acceptors (Lipinski definition) is 4. The molecule has 0 N–H and O–H groups in total. The third kappa shape index (κ3) is 3.94. The molecule has 0 unspecified atom stereocenters. The van der Waals surface area contributed by atoms with Crippen LogP contribution in [0.15, 0.2) is 124 Å². The van der Waals surface area contributed by atoms with Gasteiger partial charge in [-0.05, 0) is 42.8 Å². The third-order valence-electron chi connectivity index (χ3n) is 7.17. The first-order valence-electron chi connectivity index (χ1n) is 12.8. The first-order valence-corrected chi connectivity index (χ1v) is 12.8. The van der Waals surface area contributed by atoms with Gasteiger partial charge in [0.15, 0.2) is 5.76 Å². The minimum absolute atomic E-state index is 0.252. The van der Waals surface area contributed by atoms with E-state index in [1.54, 1.807) is 12.3 Å². The zero-order valence-corrected chi connectivity index (χ0v) is 21.3. The average molecular weight is 509 g/mol. The summed E-state index contributed by atoms with van der Waals surface area (Å²) in [5.41, 5.74) is 5.42. The van der Waals surface area contributed by atoms with Gasteiger partial charge in [-0.3, -0.25) is 4.79 Å². The first-order chi connectivity index (χ1) is 19.2. The van der Waals surface area contributed by atoms with Crippen molar-refractivity contribution >= 4 is 39.0 Å². The van der Waals surface area contributed by atoms with E-state index in [1.165, 1.54) is 10.2 Å². The second-order valence-corrected chi connectivity index (χ2v) is 9.55. The smallest absolute Gasteiger partial charge is 0.282 e. The second-order valence-electron chi connectivity index (χ2n) is 9.55. The van der Waals surface area contributed by atoms with E-state index in [0.717, 1.165) is 39.7 Å². The summed E-state index contributed by atoms with van der Waals surface area (Å²) >= 11 is 0. The lowest BCUT2D eigenvalue weighted by Gasteiger charge is -2.09. The number of hydrogen-bond donors (Lipinski definition) is 0. The number of rotatable bonds is 5. The molecule has 0 fully saturated rings. The lowest BCUT2D eigenvalue weighted by atomic mass is 10.1. The maximum atomic E-state index is 13.7. The van der Waals surface area contributed by atoms with Crippen molar-refractivity contribution in [2.45, 2.75) is 13.5 Å². The maximum Gasteiger partial charge on any atom is 0.282 e. The third-order valence-corrected chi connectivity index (χ3v) is 7.17. The fourth-order valence-corrected chi connectivity index (χ4v) is 5.19. The molecule has 3 heterocycles. The Morgan fingerprint density at radius 2 is 1.56 bits per heavy atom. The molecule has 7 aromatic rings. The molecule has 0 saturated heterocycles. The van der Waals surface area contributed by atoms with Gasteiger partial charge in [-0.15, -0.1) is 0 Å². The minimum atomic E-state index is -0.252. The normalized spacial score (nSPS) is 11.8. The fraction of sp³-hybridized carbons (Fsp3) is 0.0606. The molecule has 0 atom stereocenters. The Kier molecular flexibility index (Phi) is 5.44. The van der Waals surface area contributed by atoms with Crippen LogP contribution in [0.2, 0.25) is 0 Å². The summed E-state index contributed by atoms with van der Waals surface area (Å²) in [4.78, 5) is 18.5. The second kappa shape index (κ2) is 9.26. The molecule has 0 saturated carbocycles. The Morgan fingerprint density at radius 3 is 2.41 bits per heavy atom. The van der Waals surface area contributed by atoms with E-state index in [1.807, 2.05) is 66.7 Å². The number of benzene rings is 4. The van der Waals surface area contributed by atoms with Crippen molar-refractivity contribution in [2.75, 3.05) is 0 Å². The van der Waals surface area contributed by atoms with E-state index in [0.29, 0.717) is 22.5 Å². The van der Waals surface area contributed by atoms with Gasteiger partial charge in [0, 0.05) is 34.1 Å². The van der Waals surface area contributed by atoms with Crippen LogP contribution in [-0.2, 0) is 6.54 Å². The van der Waals surface area contributed by atoms with Crippen LogP contribution in [0.25, 0.3) is 44.4 Å². The average Bonchev–Trinajstić information content (AvgIpc) is 3.52. The fourth-order valence-electron chi connectivity index (χ4n) is 5.19. The Morgan fingerprint density at radius 1 is 0.846 bits per heavy atom. The number of fused-ring (bicyclic) bond motifs is 3. The van der Waals surface area contributed by atoms with Crippen molar-refractivity contribution in [3.8, 4) is 11.6 Å². The molecule has 3 aromatic heterocycles. The van der Waals surface area contributed by atoms with E-state index in [9.17, 15) is 4.79 Å². The maximum absolute atomic E-state index is 13.7. The van der Waals surface area contributed by atoms with Gasteiger partial charge in [0.1, 0.15) is 5.58 Å². The Bertz CT molecular complexity index is 2050. The van der Waals surface area contributed by atoms with Gasteiger partial charge in [0.2, 0.25) is 5.82 Å². The Labute approximate surface area is 224 Å². The molecular weight excluding hydrogens is 484 g/mol. The highest BCUT2D eigenvalue weighted by molar-refractivity contribution is 6.01. The minimum Gasteiger partial charge on any atom is -0.453 e. The highest BCUT2D eigenvalue weighted by atomic mass is 16.3. The van der Waals surface area contributed by atoms with Crippen molar-refractivity contribution in [3.05, 3.63) is 136 Å². The molecule has 188 valence electrons. The summed E-state index contributed by atoms with van der Waals surface area (Å²) in [5, 5.41) is 7.25. The van der Waals surface area contributed by atoms with Crippen LogP contribution in [-0.4, -0.2) is 20.4 Å². The quantitative estimate of drug-likeness (QED) is 0.235. The topological polar surface area (TPSA) is 65.3 Å². The zero-order chi connectivity index (χ0) is 26.3. The summed E-state index contributed by atoms with van der Waals surface area (Å²) in [6, 6.07) is 35.6. The predicted molar refractivity (Wildman–Crippen MR) is 156 cm³/mol. The largest absolute Gasteiger partial charge is 0.453 e. The van der Waals surface area contributed by atoms with Gasteiger partial charge >= 0.3 is 0 Å². The molecule has 0 spiro atoms. The molecule has 0 aliphatic rings. The first kappa shape index (κ1) is 22.9. The summed E-state index contributed by atoms with van der Waals surface area (Å²) in [7, 11) is 0. The zero-order valence-electron chi connectivity index (χ0n) is 21.3. The van der Waals surface area contributed by atoms with Gasteiger partial charge in [-0.25, -0.2) is 4.98 Å². The number of furan rings is 1. The van der Waals surface area contributed by atoms with Crippen LogP contribution in [0.1, 0.15) is 16.8 Å². The highest BCUT2D eigenvalue weighted by Crippen LogP contribution is 2.28. The standard InChI is InChI=1S/C33H24N4O2/c1-22-27(25-14-7-9-17-29(25)36(22)21-23-11-3-2-4-12-23)20-34-37-32(31-19-24-13-5-10-18-30(24)39-31)35-28-16-8-6-15-26(28)33(37)38/h2-20H,21H2,1H3. The number of para-hydroxylation sites is 3. The summed E-state index contributed by atoms with van der Waals surface area (Å²) < 4.78 is 9.75. The van der Waals surface area contributed by atoms with Crippen LogP contribution in [0.5, 0.6) is 0 Å². The summed E-state index contributed by atoms with van der Waals surface area (Å²) in [5.74, 6) is 0.844. The van der Waals surface area contributed by atoms with Crippen LogP contribution in [0, 0.1) is 6.92 Å². The van der Waals surface area contributed by atoms with Crippen LogP contribution in [0.3, 0.4) is 0 Å². The molecule has 4 aromatic carbocycles. The van der Waals surface area contributed by atoms with Crippen LogP contribution >= 0.6 is 0 Å². The van der Waals surface area contributed by atoms with Crippen molar-refractivity contribution in [1.82, 2.24) is 14.2 Å². The lowest BCUT2D eigenvalue weighted by Crippen LogP contribution is -2.20. The summed E-state index contributed by atoms with van der Waals surface area (Å²) in [6.45, 7) is 2.83. The molecule has 0 amide bonds. The molecule has 0 bridgehead atoms. The van der Waals surface area contributed by atoms with Crippen molar-refractivity contribution in [2.24, 2.45) is 5.10 Å². The molecular formula is C33H24N4O2. The van der Waals surface area contributed by atoms with Gasteiger partial charge in [-0.1, -0.05) is 78.9 Å².